The quantitative estimate of drug-likeness (QED) is 0.600. The van der Waals surface area contributed by atoms with Crippen LogP contribution in [0.15, 0.2) is 15.9 Å². The van der Waals surface area contributed by atoms with Gasteiger partial charge in [-0.15, -0.1) is 11.3 Å². The predicted molar refractivity (Wildman–Crippen MR) is 93.0 cm³/mol. The van der Waals surface area contributed by atoms with E-state index in [9.17, 15) is 0 Å². The highest BCUT2D eigenvalue weighted by Gasteiger charge is 2.25. The van der Waals surface area contributed by atoms with Gasteiger partial charge in [0, 0.05) is 37.2 Å². The van der Waals surface area contributed by atoms with Gasteiger partial charge in [-0.05, 0) is 48.8 Å². The van der Waals surface area contributed by atoms with Crippen molar-refractivity contribution in [3.63, 3.8) is 0 Å². The van der Waals surface area contributed by atoms with Crippen LogP contribution >= 0.6 is 27.3 Å². The number of rotatable bonds is 11. The second kappa shape index (κ2) is 10.7. The lowest BCUT2D eigenvalue weighted by molar-refractivity contribution is 0.0581. The van der Waals surface area contributed by atoms with Gasteiger partial charge in [-0.3, -0.25) is 4.90 Å². The molecular formula is C15H27BrN2O2S. The van der Waals surface area contributed by atoms with E-state index in [-0.39, 0.29) is 12.1 Å². The Morgan fingerprint density at radius 2 is 1.76 bits per heavy atom. The zero-order valence-electron chi connectivity index (χ0n) is 13.2. The maximum Gasteiger partial charge on any atom is 0.0702 e. The Bertz CT molecular complexity index is 378. The Morgan fingerprint density at radius 3 is 2.14 bits per heavy atom. The first-order valence-corrected chi connectivity index (χ1v) is 9.11. The third-order valence-electron chi connectivity index (χ3n) is 3.23. The summed E-state index contributed by atoms with van der Waals surface area (Å²) in [4.78, 5) is 3.65. The summed E-state index contributed by atoms with van der Waals surface area (Å²) in [5, 5.41) is 0. The van der Waals surface area contributed by atoms with Crippen molar-refractivity contribution in [3.05, 3.63) is 20.8 Å². The standard InChI is InChI=1S/C15H27BrN2O2S/c1-4-19-10-8-18(9-11-20-5-2)15(12(3)17)13-6-7-14(16)21-13/h6-7,12,15H,4-5,8-11,17H2,1-3H3. The predicted octanol–water partition coefficient (Wildman–Crippen LogP) is 3.27. The van der Waals surface area contributed by atoms with Crippen LogP contribution < -0.4 is 5.73 Å². The number of halogens is 1. The smallest absolute Gasteiger partial charge is 0.0702 e. The lowest BCUT2D eigenvalue weighted by atomic mass is 10.1. The third-order valence-corrected chi connectivity index (χ3v) is 4.93. The van der Waals surface area contributed by atoms with E-state index in [1.165, 1.54) is 4.88 Å². The highest BCUT2D eigenvalue weighted by molar-refractivity contribution is 9.11. The number of hydrogen-bond acceptors (Lipinski definition) is 5. The van der Waals surface area contributed by atoms with Gasteiger partial charge in [-0.2, -0.15) is 0 Å². The van der Waals surface area contributed by atoms with Gasteiger partial charge >= 0.3 is 0 Å². The SMILES string of the molecule is CCOCCN(CCOCC)C(c1ccc(Br)s1)C(C)N. The lowest BCUT2D eigenvalue weighted by Crippen LogP contribution is -2.42. The topological polar surface area (TPSA) is 47.7 Å². The number of thiophene rings is 1. The Morgan fingerprint density at radius 1 is 1.19 bits per heavy atom. The summed E-state index contributed by atoms with van der Waals surface area (Å²) in [5.74, 6) is 0. The van der Waals surface area contributed by atoms with E-state index in [0.717, 1.165) is 43.3 Å². The summed E-state index contributed by atoms with van der Waals surface area (Å²) in [6.45, 7) is 10.8. The van der Waals surface area contributed by atoms with Crippen molar-refractivity contribution in [2.45, 2.75) is 32.9 Å². The van der Waals surface area contributed by atoms with Crippen molar-refractivity contribution in [1.29, 1.82) is 0 Å². The van der Waals surface area contributed by atoms with Crippen LogP contribution in [0.2, 0.25) is 0 Å². The van der Waals surface area contributed by atoms with Gasteiger partial charge < -0.3 is 15.2 Å². The van der Waals surface area contributed by atoms with Crippen LogP contribution in [-0.4, -0.2) is 50.5 Å². The number of nitrogens with two attached hydrogens (primary N) is 1. The van der Waals surface area contributed by atoms with Crippen molar-refractivity contribution in [2.75, 3.05) is 39.5 Å². The minimum atomic E-state index is 0.0544. The highest BCUT2D eigenvalue weighted by Crippen LogP contribution is 2.32. The zero-order valence-corrected chi connectivity index (χ0v) is 15.6. The van der Waals surface area contributed by atoms with E-state index in [1.807, 2.05) is 13.8 Å². The van der Waals surface area contributed by atoms with Gasteiger partial charge in [-0.25, -0.2) is 0 Å². The molecule has 1 rings (SSSR count). The molecule has 0 saturated heterocycles. The molecule has 1 heterocycles. The van der Waals surface area contributed by atoms with E-state index in [0.29, 0.717) is 0 Å². The molecular weight excluding hydrogens is 352 g/mol. The molecule has 0 radical (unpaired) electrons. The first-order chi connectivity index (χ1) is 10.1. The lowest BCUT2D eigenvalue weighted by Gasteiger charge is -2.33. The van der Waals surface area contributed by atoms with E-state index in [4.69, 9.17) is 15.2 Å². The van der Waals surface area contributed by atoms with Crippen molar-refractivity contribution in [3.8, 4) is 0 Å². The number of nitrogens with zero attached hydrogens (tertiary/aromatic N) is 1. The van der Waals surface area contributed by atoms with Crippen LogP contribution in [0.5, 0.6) is 0 Å². The minimum absolute atomic E-state index is 0.0544. The molecule has 1 aromatic heterocycles. The summed E-state index contributed by atoms with van der Waals surface area (Å²) in [5.41, 5.74) is 6.26. The van der Waals surface area contributed by atoms with E-state index in [1.54, 1.807) is 11.3 Å². The van der Waals surface area contributed by atoms with Crippen molar-refractivity contribution in [1.82, 2.24) is 4.90 Å². The van der Waals surface area contributed by atoms with Crippen LogP contribution in [-0.2, 0) is 9.47 Å². The molecule has 0 aromatic carbocycles. The number of hydrogen-bond donors (Lipinski definition) is 1. The Balaban J connectivity index is 2.77. The Hall–Kier alpha value is 0.0200. The third kappa shape index (κ3) is 6.76. The van der Waals surface area contributed by atoms with Crippen molar-refractivity contribution < 1.29 is 9.47 Å². The summed E-state index contributed by atoms with van der Waals surface area (Å²) >= 11 is 5.28. The average molecular weight is 379 g/mol. The molecule has 6 heteroatoms. The van der Waals surface area contributed by atoms with Gasteiger partial charge in [-0.1, -0.05) is 0 Å². The van der Waals surface area contributed by atoms with Gasteiger partial charge in [0.15, 0.2) is 0 Å². The molecule has 122 valence electrons. The monoisotopic (exact) mass is 378 g/mol. The summed E-state index contributed by atoms with van der Waals surface area (Å²) in [6.07, 6.45) is 0. The fourth-order valence-electron chi connectivity index (χ4n) is 2.30. The van der Waals surface area contributed by atoms with Gasteiger partial charge in [0.1, 0.15) is 0 Å². The molecule has 0 amide bonds. The van der Waals surface area contributed by atoms with E-state index >= 15 is 0 Å². The Kier molecular flexibility index (Phi) is 9.71. The largest absolute Gasteiger partial charge is 0.380 e. The summed E-state index contributed by atoms with van der Waals surface area (Å²) in [6, 6.07) is 4.48. The highest BCUT2D eigenvalue weighted by atomic mass is 79.9. The van der Waals surface area contributed by atoms with Gasteiger partial charge in [0.2, 0.25) is 0 Å². The van der Waals surface area contributed by atoms with Crippen LogP contribution in [0.3, 0.4) is 0 Å². The first kappa shape index (κ1) is 19.1. The molecule has 0 bridgehead atoms. The Labute approximate surface area is 140 Å². The molecule has 0 aliphatic rings. The maximum absolute atomic E-state index is 6.26. The van der Waals surface area contributed by atoms with Gasteiger partial charge in [0.05, 0.1) is 23.0 Å². The molecule has 2 unspecified atom stereocenters. The molecule has 0 aliphatic carbocycles. The molecule has 1 aromatic rings. The van der Waals surface area contributed by atoms with Crippen LogP contribution in [0.4, 0.5) is 0 Å². The van der Waals surface area contributed by atoms with E-state index < -0.39 is 0 Å². The molecule has 0 fully saturated rings. The summed E-state index contributed by atoms with van der Waals surface area (Å²) in [7, 11) is 0. The molecule has 0 spiro atoms. The fraction of sp³-hybridized carbons (Fsp3) is 0.733. The number of ether oxygens (including phenoxy) is 2. The van der Waals surface area contributed by atoms with Crippen molar-refractivity contribution >= 4 is 27.3 Å². The molecule has 2 N–H and O–H groups in total. The van der Waals surface area contributed by atoms with Crippen molar-refractivity contribution in [2.24, 2.45) is 5.73 Å². The van der Waals surface area contributed by atoms with Crippen LogP contribution in [0, 0.1) is 0 Å². The molecule has 21 heavy (non-hydrogen) atoms. The van der Waals surface area contributed by atoms with Gasteiger partial charge in [0.25, 0.3) is 0 Å². The second-order valence-electron chi connectivity index (χ2n) is 4.88. The average Bonchev–Trinajstić information content (AvgIpc) is 2.85. The van der Waals surface area contributed by atoms with Crippen LogP contribution in [0.1, 0.15) is 31.7 Å². The summed E-state index contributed by atoms with van der Waals surface area (Å²) < 4.78 is 12.2. The maximum atomic E-state index is 6.26. The molecule has 0 saturated carbocycles. The fourth-order valence-corrected chi connectivity index (χ4v) is 3.98. The zero-order chi connectivity index (χ0) is 15.7. The molecule has 2 atom stereocenters. The first-order valence-electron chi connectivity index (χ1n) is 7.50. The molecule has 0 aliphatic heterocycles. The van der Waals surface area contributed by atoms with Crippen LogP contribution in [0.25, 0.3) is 0 Å². The van der Waals surface area contributed by atoms with E-state index in [2.05, 4.69) is 39.9 Å². The molecule has 4 nitrogen and oxygen atoms in total. The second-order valence-corrected chi connectivity index (χ2v) is 7.37. The minimum Gasteiger partial charge on any atom is -0.380 e. The normalized spacial score (nSPS) is 14.6.